The largest absolute Gasteiger partial charge is 0.456 e. The van der Waals surface area contributed by atoms with Gasteiger partial charge in [-0.15, -0.1) is 0 Å². The van der Waals surface area contributed by atoms with Crippen LogP contribution >= 0.6 is 0 Å². The predicted octanol–water partition coefficient (Wildman–Crippen LogP) is 2.49. The Bertz CT molecular complexity index is 524. The highest BCUT2D eigenvalue weighted by atomic mass is 16.6. The van der Waals surface area contributed by atoms with Gasteiger partial charge in [-0.3, -0.25) is 4.79 Å². The molecule has 0 heterocycles. The quantitative estimate of drug-likeness (QED) is 0.847. The summed E-state index contributed by atoms with van der Waals surface area (Å²) in [6.45, 7) is 5.34. The minimum absolute atomic E-state index is 0.226. The number of esters is 1. The lowest BCUT2D eigenvalue weighted by Gasteiger charge is -2.19. The minimum Gasteiger partial charge on any atom is -0.456 e. The summed E-state index contributed by atoms with van der Waals surface area (Å²) < 4.78 is 5.23. The minimum atomic E-state index is -0.572. The van der Waals surface area contributed by atoms with Crippen LogP contribution in [0.25, 0.3) is 0 Å². The van der Waals surface area contributed by atoms with Crippen molar-refractivity contribution >= 4 is 17.6 Å². The van der Waals surface area contributed by atoms with Crippen LogP contribution in [0.4, 0.5) is 5.69 Å². The number of nitrogens with zero attached hydrogens (tertiary/aromatic N) is 1. The lowest BCUT2D eigenvalue weighted by molar-refractivity contribution is -0.115. The summed E-state index contributed by atoms with van der Waals surface area (Å²) in [6, 6.07) is 8.16. The first-order valence-electron chi connectivity index (χ1n) is 5.82. The fourth-order valence-corrected chi connectivity index (χ4v) is 1.34. The van der Waals surface area contributed by atoms with Gasteiger partial charge in [0.05, 0.1) is 11.6 Å². The number of carbonyl (C=O) groups is 2. The van der Waals surface area contributed by atoms with Gasteiger partial charge in [0, 0.05) is 5.69 Å². The second kappa shape index (κ2) is 6.01. The molecule has 0 bridgehead atoms. The highest BCUT2D eigenvalue weighted by molar-refractivity contribution is 5.95. The second-order valence-corrected chi connectivity index (χ2v) is 4.97. The van der Waals surface area contributed by atoms with Gasteiger partial charge in [-0.1, -0.05) is 6.07 Å². The van der Waals surface area contributed by atoms with Crippen LogP contribution in [0.3, 0.4) is 0 Å². The van der Waals surface area contributed by atoms with Crippen molar-refractivity contribution in [2.75, 3.05) is 5.32 Å². The molecule has 1 aromatic rings. The maximum absolute atomic E-state index is 11.8. The first kappa shape index (κ1) is 14.7. The molecule has 0 saturated carbocycles. The Hall–Kier alpha value is -2.35. The van der Waals surface area contributed by atoms with E-state index < -0.39 is 17.5 Å². The van der Waals surface area contributed by atoms with E-state index in [1.54, 1.807) is 45.0 Å². The van der Waals surface area contributed by atoms with E-state index in [1.165, 1.54) is 6.07 Å². The maximum atomic E-state index is 11.8. The van der Waals surface area contributed by atoms with E-state index in [9.17, 15) is 9.59 Å². The Morgan fingerprint density at radius 2 is 2.05 bits per heavy atom. The van der Waals surface area contributed by atoms with Crippen LogP contribution in [-0.2, 0) is 9.53 Å². The fourth-order valence-electron chi connectivity index (χ4n) is 1.34. The first-order valence-corrected chi connectivity index (χ1v) is 5.82. The molecule has 0 aliphatic heterocycles. The van der Waals surface area contributed by atoms with E-state index in [0.29, 0.717) is 11.3 Å². The summed E-state index contributed by atoms with van der Waals surface area (Å²) in [4.78, 5) is 23.1. The third-order valence-electron chi connectivity index (χ3n) is 2.02. The summed E-state index contributed by atoms with van der Waals surface area (Å²) in [6.07, 6.45) is -0.226. The van der Waals surface area contributed by atoms with E-state index in [-0.39, 0.29) is 6.42 Å². The van der Waals surface area contributed by atoms with Crippen molar-refractivity contribution in [2.45, 2.75) is 32.8 Å². The van der Waals surface area contributed by atoms with Crippen molar-refractivity contribution < 1.29 is 14.3 Å². The number of anilines is 1. The van der Waals surface area contributed by atoms with Crippen molar-refractivity contribution in [1.82, 2.24) is 0 Å². The smallest absolute Gasteiger partial charge is 0.338 e. The average molecular weight is 260 g/mol. The third-order valence-corrected chi connectivity index (χ3v) is 2.02. The van der Waals surface area contributed by atoms with E-state index in [2.05, 4.69) is 5.32 Å². The zero-order valence-corrected chi connectivity index (χ0v) is 11.2. The summed E-state index contributed by atoms with van der Waals surface area (Å²) in [7, 11) is 0. The molecule has 0 unspecified atom stereocenters. The number of nitriles is 1. The fraction of sp³-hybridized carbons (Fsp3) is 0.357. The first-order chi connectivity index (χ1) is 8.81. The standard InChI is InChI=1S/C14H16N2O3/c1-14(2,3)19-13(18)10-5-4-6-11(9-10)16-12(17)7-8-15/h4-6,9H,7H2,1-3H3,(H,16,17). The topological polar surface area (TPSA) is 79.2 Å². The van der Waals surface area contributed by atoms with Crippen LogP contribution in [-0.4, -0.2) is 17.5 Å². The molecular weight excluding hydrogens is 244 g/mol. The molecule has 19 heavy (non-hydrogen) atoms. The molecule has 0 aliphatic rings. The molecule has 5 nitrogen and oxygen atoms in total. The zero-order chi connectivity index (χ0) is 14.5. The van der Waals surface area contributed by atoms with Gasteiger partial charge in [-0.2, -0.15) is 5.26 Å². The van der Waals surface area contributed by atoms with Crippen LogP contribution in [0.5, 0.6) is 0 Å². The predicted molar refractivity (Wildman–Crippen MR) is 70.5 cm³/mol. The lowest BCUT2D eigenvalue weighted by atomic mass is 10.1. The van der Waals surface area contributed by atoms with Crippen molar-refractivity contribution in [3.8, 4) is 6.07 Å². The zero-order valence-electron chi connectivity index (χ0n) is 11.2. The maximum Gasteiger partial charge on any atom is 0.338 e. The molecule has 0 spiro atoms. The summed E-state index contributed by atoms with van der Waals surface area (Å²) in [5, 5.41) is 10.9. The van der Waals surface area contributed by atoms with E-state index >= 15 is 0 Å². The van der Waals surface area contributed by atoms with Crippen LogP contribution in [0.1, 0.15) is 37.6 Å². The molecule has 1 aromatic carbocycles. The van der Waals surface area contributed by atoms with Gasteiger partial charge in [-0.05, 0) is 39.0 Å². The number of hydrogen-bond donors (Lipinski definition) is 1. The van der Waals surface area contributed by atoms with Crippen LogP contribution < -0.4 is 5.32 Å². The van der Waals surface area contributed by atoms with Crippen molar-refractivity contribution in [2.24, 2.45) is 0 Å². The lowest BCUT2D eigenvalue weighted by Crippen LogP contribution is -2.24. The van der Waals surface area contributed by atoms with Crippen molar-refractivity contribution in [1.29, 1.82) is 5.26 Å². The highest BCUT2D eigenvalue weighted by Gasteiger charge is 2.18. The molecule has 1 amide bonds. The number of carbonyl (C=O) groups excluding carboxylic acids is 2. The summed E-state index contributed by atoms with van der Waals surface area (Å²) in [5.41, 5.74) is 0.241. The van der Waals surface area contributed by atoms with E-state index in [0.717, 1.165) is 0 Å². The van der Waals surface area contributed by atoms with E-state index in [4.69, 9.17) is 10.00 Å². The Labute approximate surface area is 112 Å². The number of benzene rings is 1. The molecule has 0 fully saturated rings. The molecule has 1 N–H and O–H groups in total. The van der Waals surface area contributed by atoms with Gasteiger partial charge in [0.1, 0.15) is 12.0 Å². The number of amides is 1. The van der Waals surface area contributed by atoms with Gasteiger partial charge >= 0.3 is 5.97 Å². The van der Waals surface area contributed by atoms with Crippen LogP contribution in [0, 0.1) is 11.3 Å². The second-order valence-electron chi connectivity index (χ2n) is 4.97. The normalized spacial score (nSPS) is 10.4. The average Bonchev–Trinajstić information content (AvgIpc) is 2.27. The SMILES string of the molecule is CC(C)(C)OC(=O)c1cccc(NC(=O)CC#N)c1. The number of hydrogen-bond acceptors (Lipinski definition) is 4. The van der Waals surface area contributed by atoms with E-state index in [1.807, 2.05) is 0 Å². The Kier molecular flexibility index (Phi) is 4.65. The van der Waals surface area contributed by atoms with Crippen molar-refractivity contribution in [3.05, 3.63) is 29.8 Å². The molecule has 0 atom stereocenters. The molecule has 5 heteroatoms. The summed E-state index contributed by atoms with van der Waals surface area (Å²) >= 11 is 0. The summed E-state index contributed by atoms with van der Waals surface area (Å²) in [5.74, 6) is -0.868. The molecular formula is C14H16N2O3. The van der Waals surface area contributed by atoms with Crippen molar-refractivity contribution in [3.63, 3.8) is 0 Å². The Morgan fingerprint density at radius 1 is 1.37 bits per heavy atom. The van der Waals surface area contributed by atoms with Gasteiger partial charge < -0.3 is 10.1 Å². The molecule has 0 radical (unpaired) electrons. The molecule has 0 aromatic heterocycles. The third kappa shape index (κ3) is 5.21. The van der Waals surface area contributed by atoms with Crippen LogP contribution in [0.15, 0.2) is 24.3 Å². The molecule has 0 saturated heterocycles. The highest BCUT2D eigenvalue weighted by Crippen LogP contribution is 2.15. The molecule has 1 rings (SSSR count). The van der Waals surface area contributed by atoms with Gasteiger partial charge in [-0.25, -0.2) is 4.79 Å². The van der Waals surface area contributed by atoms with Gasteiger partial charge in [0.2, 0.25) is 5.91 Å². The Balaban J connectivity index is 2.80. The monoisotopic (exact) mass is 260 g/mol. The number of nitrogens with one attached hydrogen (secondary N) is 1. The molecule has 100 valence electrons. The van der Waals surface area contributed by atoms with Gasteiger partial charge in [0.25, 0.3) is 0 Å². The van der Waals surface area contributed by atoms with Crippen LogP contribution in [0.2, 0.25) is 0 Å². The number of ether oxygens (including phenoxy) is 1. The Morgan fingerprint density at radius 3 is 2.63 bits per heavy atom. The molecule has 0 aliphatic carbocycles. The number of rotatable bonds is 3. The van der Waals surface area contributed by atoms with Gasteiger partial charge in [0.15, 0.2) is 0 Å².